The molecule has 0 aliphatic heterocycles. The van der Waals surface area contributed by atoms with E-state index in [1.54, 1.807) is 49.4 Å². The second-order valence-corrected chi connectivity index (χ2v) is 13.4. The SMILES string of the molecule is CC[C@H](C)NC(=O)[C@@H](C)N(Cc1ccc(Cl)c(Cl)c1)C(=O)CN(c1ccc(C)cc1)S(=O)(=O)c1ccc(OC)c(Br)c1. The number of carbonyl (C=O) groups excluding carboxylic acids is 2. The van der Waals surface area contributed by atoms with E-state index in [2.05, 4.69) is 21.2 Å². The fraction of sp³-hybridized carbons (Fsp3) is 0.333. The molecule has 0 aliphatic rings. The molecule has 0 radical (unpaired) electrons. The van der Waals surface area contributed by atoms with Gasteiger partial charge in [0.25, 0.3) is 10.0 Å². The molecule has 0 spiro atoms. The van der Waals surface area contributed by atoms with Crippen molar-refractivity contribution >= 4 is 66.7 Å². The number of carbonyl (C=O) groups is 2. The monoisotopic (exact) mass is 697 g/mol. The first-order chi connectivity index (χ1) is 19.8. The first kappa shape index (κ1) is 33.7. The fourth-order valence-corrected chi connectivity index (χ4v) is 6.51. The Morgan fingerprint density at radius 2 is 1.67 bits per heavy atom. The largest absolute Gasteiger partial charge is 0.496 e. The molecule has 0 heterocycles. The van der Waals surface area contributed by atoms with Crippen molar-refractivity contribution in [1.82, 2.24) is 10.2 Å². The first-order valence-corrected chi connectivity index (χ1v) is 16.2. The molecule has 0 bridgehead atoms. The molecule has 2 amide bonds. The maximum Gasteiger partial charge on any atom is 0.264 e. The van der Waals surface area contributed by atoms with Crippen molar-refractivity contribution in [2.24, 2.45) is 0 Å². The number of amides is 2. The third-order valence-corrected chi connectivity index (χ3v) is 9.95. The van der Waals surface area contributed by atoms with Crippen LogP contribution < -0.4 is 14.4 Å². The van der Waals surface area contributed by atoms with Crippen LogP contribution in [0, 0.1) is 6.92 Å². The van der Waals surface area contributed by atoms with Gasteiger partial charge >= 0.3 is 0 Å². The number of anilines is 1. The van der Waals surface area contributed by atoms with Gasteiger partial charge < -0.3 is 15.0 Å². The molecule has 1 N–H and O–H groups in total. The molecule has 0 aliphatic carbocycles. The Balaban J connectivity index is 2.06. The average Bonchev–Trinajstić information content (AvgIpc) is 2.96. The van der Waals surface area contributed by atoms with Crippen molar-refractivity contribution in [3.8, 4) is 5.75 Å². The maximum absolute atomic E-state index is 14.0. The highest BCUT2D eigenvalue weighted by Gasteiger charge is 2.33. The summed E-state index contributed by atoms with van der Waals surface area (Å²) in [5, 5.41) is 3.55. The van der Waals surface area contributed by atoms with E-state index in [-0.39, 0.29) is 23.4 Å². The van der Waals surface area contributed by atoms with Gasteiger partial charge in [-0.3, -0.25) is 13.9 Å². The molecule has 0 saturated heterocycles. The number of nitrogens with one attached hydrogen (secondary N) is 1. The van der Waals surface area contributed by atoms with Gasteiger partial charge in [-0.15, -0.1) is 0 Å². The van der Waals surface area contributed by atoms with E-state index in [4.69, 9.17) is 27.9 Å². The lowest BCUT2D eigenvalue weighted by molar-refractivity contribution is -0.139. The van der Waals surface area contributed by atoms with Gasteiger partial charge in [0, 0.05) is 12.6 Å². The van der Waals surface area contributed by atoms with E-state index in [1.807, 2.05) is 20.8 Å². The number of hydrogen-bond acceptors (Lipinski definition) is 5. The van der Waals surface area contributed by atoms with Gasteiger partial charge in [0.15, 0.2) is 0 Å². The van der Waals surface area contributed by atoms with Gasteiger partial charge in [0.1, 0.15) is 18.3 Å². The lowest BCUT2D eigenvalue weighted by Crippen LogP contribution is -2.52. The molecule has 226 valence electrons. The summed E-state index contributed by atoms with van der Waals surface area (Å²) in [6, 6.07) is 15.1. The van der Waals surface area contributed by atoms with Crippen molar-refractivity contribution < 1.29 is 22.7 Å². The third kappa shape index (κ3) is 8.18. The summed E-state index contributed by atoms with van der Waals surface area (Å²) in [4.78, 5) is 28.5. The van der Waals surface area contributed by atoms with E-state index in [1.165, 1.54) is 30.2 Å². The van der Waals surface area contributed by atoms with E-state index < -0.39 is 28.5 Å². The Bertz CT molecular complexity index is 1540. The molecule has 0 saturated carbocycles. The summed E-state index contributed by atoms with van der Waals surface area (Å²) in [5.74, 6) is -0.480. The number of rotatable bonds is 12. The highest BCUT2D eigenvalue weighted by Crippen LogP contribution is 2.31. The van der Waals surface area contributed by atoms with Gasteiger partial charge in [-0.2, -0.15) is 0 Å². The van der Waals surface area contributed by atoms with Crippen LogP contribution in [-0.4, -0.2) is 50.9 Å². The lowest BCUT2D eigenvalue weighted by Gasteiger charge is -2.32. The molecule has 0 fully saturated rings. The average molecular weight is 699 g/mol. The van der Waals surface area contributed by atoms with Crippen molar-refractivity contribution in [3.63, 3.8) is 0 Å². The summed E-state index contributed by atoms with van der Waals surface area (Å²) < 4.78 is 34.8. The van der Waals surface area contributed by atoms with Crippen LogP contribution in [0.5, 0.6) is 5.75 Å². The molecular weight excluding hydrogens is 665 g/mol. The quantitative estimate of drug-likeness (QED) is 0.230. The topological polar surface area (TPSA) is 96.0 Å². The second kappa shape index (κ2) is 14.6. The van der Waals surface area contributed by atoms with Gasteiger partial charge in [-0.1, -0.05) is 53.9 Å². The zero-order valence-electron chi connectivity index (χ0n) is 24.0. The molecule has 12 heteroatoms. The van der Waals surface area contributed by atoms with E-state index in [0.717, 1.165) is 9.87 Å². The Kier molecular flexibility index (Phi) is 11.7. The van der Waals surface area contributed by atoms with Crippen molar-refractivity contribution in [1.29, 1.82) is 0 Å². The third-order valence-electron chi connectivity index (χ3n) is 6.82. The number of sulfonamides is 1. The molecular formula is C30H34BrCl2N3O5S. The van der Waals surface area contributed by atoms with E-state index in [9.17, 15) is 18.0 Å². The number of nitrogens with zero attached hydrogens (tertiary/aromatic N) is 2. The Morgan fingerprint density at radius 1 is 1.00 bits per heavy atom. The smallest absolute Gasteiger partial charge is 0.264 e. The minimum atomic E-state index is -4.24. The fourth-order valence-electron chi connectivity index (χ4n) is 4.06. The first-order valence-electron chi connectivity index (χ1n) is 13.2. The summed E-state index contributed by atoms with van der Waals surface area (Å²) in [6.45, 7) is 6.74. The van der Waals surface area contributed by atoms with Crippen molar-refractivity contribution in [2.45, 2.75) is 57.6 Å². The van der Waals surface area contributed by atoms with Crippen molar-refractivity contribution in [3.05, 3.63) is 86.3 Å². The molecule has 2 atom stereocenters. The number of hydrogen-bond donors (Lipinski definition) is 1. The number of benzene rings is 3. The predicted octanol–water partition coefficient (Wildman–Crippen LogP) is 6.60. The zero-order valence-corrected chi connectivity index (χ0v) is 27.9. The Hall–Kier alpha value is -2.79. The van der Waals surface area contributed by atoms with Gasteiger partial charge in [0.2, 0.25) is 11.8 Å². The Morgan fingerprint density at radius 3 is 2.24 bits per heavy atom. The van der Waals surface area contributed by atoms with Gasteiger partial charge in [-0.25, -0.2) is 8.42 Å². The number of ether oxygens (including phenoxy) is 1. The summed E-state index contributed by atoms with van der Waals surface area (Å²) >= 11 is 15.7. The van der Waals surface area contributed by atoms with Crippen LogP contribution in [0.3, 0.4) is 0 Å². The van der Waals surface area contributed by atoms with Crippen LogP contribution in [0.2, 0.25) is 10.0 Å². The van der Waals surface area contributed by atoms with Crippen LogP contribution in [0.15, 0.2) is 70.0 Å². The minimum Gasteiger partial charge on any atom is -0.496 e. The molecule has 0 aromatic heterocycles. The minimum absolute atomic E-state index is 0.000679. The summed E-state index contributed by atoms with van der Waals surface area (Å²) in [5.41, 5.74) is 1.85. The number of aryl methyl sites for hydroxylation is 1. The number of methoxy groups -OCH3 is 1. The summed E-state index contributed by atoms with van der Waals surface area (Å²) in [7, 11) is -2.76. The normalized spacial score (nSPS) is 12.8. The molecule has 0 unspecified atom stereocenters. The van der Waals surface area contributed by atoms with Gasteiger partial charge in [-0.05, 0) is 91.1 Å². The Labute approximate surface area is 266 Å². The predicted molar refractivity (Wildman–Crippen MR) is 171 cm³/mol. The van der Waals surface area contributed by atoms with Crippen LogP contribution in [-0.2, 0) is 26.2 Å². The van der Waals surface area contributed by atoms with Crippen LogP contribution >= 0.6 is 39.1 Å². The number of halogens is 3. The van der Waals surface area contributed by atoms with Crippen molar-refractivity contribution in [2.75, 3.05) is 18.0 Å². The second-order valence-electron chi connectivity index (χ2n) is 9.91. The highest BCUT2D eigenvalue weighted by molar-refractivity contribution is 9.10. The molecule has 3 rings (SSSR count). The standard InChI is InChI=1S/C30H34BrCl2N3O5S/c1-6-20(3)34-30(38)21(4)35(17-22-9-13-26(32)27(33)15-22)29(37)18-36(23-10-7-19(2)8-11-23)42(39,40)24-12-14-28(41-5)25(31)16-24/h7-16,20-21H,6,17-18H2,1-5H3,(H,34,38)/t20-,21+/m0/s1. The van der Waals surface area contributed by atoms with Gasteiger partial charge in [0.05, 0.1) is 32.2 Å². The lowest BCUT2D eigenvalue weighted by atomic mass is 10.1. The van der Waals surface area contributed by atoms with E-state index >= 15 is 0 Å². The van der Waals surface area contributed by atoms with Crippen LogP contribution in [0.25, 0.3) is 0 Å². The molecule has 3 aromatic carbocycles. The highest BCUT2D eigenvalue weighted by atomic mass is 79.9. The molecule has 3 aromatic rings. The molecule has 42 heavy (non-hydrogen) atoms. The zero-order chi connectivity index (χ0) is 31.2. The van der Waals surface area contributed by atoms with Crippen LogP contribution in [0.1, 0.15) is 38.3 Å². The summed E-state index contributed by atoms with van der Waals surface area (Å²) in [6.07, 6.45) is 0.704. The van der Waals surface area contributed by atoms with E-state index in [0.29, 0.717) is 37.9 Å². The maximum atomic E-state index is 14.0. The molecule has 8 nitrogen and oxygen atoms in total. The van der Waals surface area contributed by atoms with Crippen LogP contribution in [0.4, 0.5) is 5.69 Å².